The quantitative estimate of drug-likeness (QED) is 0.734. The van der Waals surface area contributed by atoms with E-state index < -0.39 is 0 Å². The third kappa shape index (κ3) is 3.04. The van der Waals surface area contributed by atoms with E-state index >= 15 is 0 Å². The van der Waals surface area contributed by atoms with Crippen LogP contribution in [0.15, 0.2) is 34.9 Å². The molecular formula is C19H22N4O2. The molecule has 1 aliphatic rings. The maximum Gasteiger partial charge on any atom is 0.229 e. The number of amides is 1. The van der Waals surface area contributed by atoms with E-state index in [4.69, 9.17) is 4.52 Å². The van der Waals surface area contributed by atoms with Crippen LogP contribution in [0.3, 0.4) is 0 Å². The van der Waals surface area contributed by atoms with E-state index in [1.54, 1.807) is 0 Å². The largest absolute Gasteiger partial charge is 0.356 e. The van der Waals surface area contributed by atoms with Gasteiger partial charge in [0.15, 0.2) is 5.58 Å². The van der Waals surface area contributed by atoms with Crippen LogP contribution in [0.4, 0.5) is 0 Å². The van der Waals surface area contributed by atoms with Crippen molar-refractivity contribution in [3.63, 3.8) is 0 Å². The fraction of sp³-hybridized carbons (Fsp3) is 0.421. The molecule has 3 aromatic rings. The van der Waals surface area contributed by atoms with Gasteiger partial charge in [-0.15, -0.1) is 0 Å². The molecule has 1 saturated heterocycles. The molecule has 1 atom stereocenters. The molecule has 1 amide bonds. The highest BCUT2D eigenvalue weighted by Crippen LogP contribution is 2.23. The van der Waals surface area contributed by atoms with Crippen molar-refractivity contribution in [2.75, 3.05) is 6.54 Å². The van der Waals surface area contributed by atoms with Crippen molar-refractivity contribution in [3.8, 4) is 0 Å². The number of hydrogen-bond donors (Lipinski definition) is 0. The molecule has 0 saturated carbocycles. The Morgan fingerprint density at radius 1 is 1.32 bits per heavy atom. The molecule has 1 aromatic carbocycles. The molecule has 0 spiro atoms. The van der Waals surface area contributed by atoms with Gasteiger partial charge >= 0.3 is 0 Å². The van der Waals surface area contributed by atoms with Crippen molar-refractivity contribution in [1.82, 2.24) is 19.8 Å². The Balaban J connectivity index is 1.50. The lowest BCUT2D eigenvalue weighted by atomic mass is 10.1. The zero-order valence-corrected chi connectivity index (χ0v) is 14.6. The highest BCUT2D eigenvalue weighted by atomic mass is 16.5. The van der Waals surface area contributed by atoms with Crippen LogP contribution < -0.4 is 0 Å². The summed E-state index contributed by atoms with van der Waals surface area (Å²) in [6.07, 6.45) is 2.34. The van der Waals surface area contributed by atoms with Crippen LogP contribution in [0.5, 0.6) is 0 Å². The zero-order valence-electron chi connectivity index (χ0n) is 14.6. The van der Waals surface area contributed by atoms with E-state index in [9.17, 15) is 4.79 Å². The summed E-state index contributed by atoms with van der Waals surface area (Å²) >= 11 is 0. The summed E-state index contributed by atoms with van der Waals surface area (Å²) < 4.78 is 7.33. The Hall–Kier alpha value is -2.63. The van der Waals surface area contributed by atoms with Crippen LogP contribution >= 0.6 is 0 Å². The van der Waals surface area contributed by atoms with Gasteiger partial charge in [0.25, 0.3) is 0 Å². The van der Waals surface area contributed by atoms with Gasteiger partial charge in [0.1, 0.15) is 5.69 Å². The predicted molar refractivity (Wildman–Crippen MR) is 94.1 cm³/mol. The third-order valence-electron chi connectivity index (χ3n) is 4.96. The van der Waals surface area contributed by atoms with Crippen LogP contribution in [0.25, 0.3) is 11.0 Å². The Bertz CT molecular complexity index is 911. The molecular weight excluding hydrogens is 316 g/mol. The second-order valence-electron chi connectivity index (χ2n) is 6.79. The van der Waals surface area contributed by atoms with Crippen molar-refractivity contribution in [1.29, 1.82) is 0 Å². The predicted octanol–water partition coefficient (Wildman–Crippen LogP) is 2.87. The molecule has 6 nitrogen and oxygen atoms in total. The second-order valence-corrected chi connectivity index (χ2v) is 6.79. The molecule has 0 radical (unpaired) electrons. The highest BCUT2D eigenvalue weighted by molar-refractivity contribution is 5.86. The van der Waals surface area contributed by atoms with Crippen LogP contribution in [0, 0.1) is 13.8 Å². The molecule has 1 aliphatic heterocycles. The molecule has 25 heavy (non-hydrogen) atoms. The van der Waals surface area contributed by atoms with Gasteiger partial charge in [0.2, 0.25) is 5.91 Å². The second kappa shape index (κ2) is 6.35. The van der Waals surface area contributed by atoms with Crippen LogP contribution in [-0.2, 0) is 17.8 Å². The SMILES string of the molecule is Cc1cc(C)n(C[C@@H]2CCCN2C(=O)Cc2noc3ccccc23)n1. The third-order valence-corrected chi connectivity index (χ3v) is 4.96. The smallest absolute Gasteiger partial charge is 0.229 e. The van der Waals surface area contributed by atoms with E-state index in [1.807, 2.05) is 40.8 Å². The average molecular weight is 338 g/mol. The molecule has 0 aliphatic carbocycles. The minimum Gasteiger partial charge on any atom is -0.356 e. The van der Waals surface area contributed by atoms with Gasteiger partial charge in [0.05, 0.1) is 24.7 Å². The Morgan fingerprint density at radius 2 is 2.16 bits per heavy atom. The molecule has 130 valence electrons. The fourth-order valence-electron chi connectivity index (χ4n) is 3.72. The van der Waals surface area contributed by atoms with Gasteiger partial charge in [-0.05, 0) is 44.9 Å². The van der Waals surface area contributed by atoms with Gasteiger partial charge in [-0.1, -0.05) is 17.3 Å². The van der Waals surface area contributed by atoms with Gasteiger partial charge in [-0.2, -0.15) is 5.10 Å². The minimum absolute atomic E-state index is 0.114. The van der Waals surface area contributed by atoms with Crippen molar-refractivity contribution >= 4 is 16.9 Å². The first-order valence-corrected chi connectivity index (χ1v) is 8.75. The topological polar surface area (TPSA) is 64.2 Å². The van der Waals surface area contributed by atoms with Crippen molar-refractivity contribution in [2.24, 2.45) is 0 Å². The zero-order chi connectivity index (χ0) is 17.4. The molecule has 2 aromatic heterocycles. The number of rotatable bonds is 4. The number of likely N-dealkylation sites (tertiary alicyclic amines) is 1. The van der Waals surface area contributed by atoms with E-state index in [-0.39, 0.29) is 18.4 Å². The number of aryl methyl sites for hydroxylation is 2. The number of hydrogen-bond acceptors (Lipinski definition) is 4. The number of nitrogens with zero attached hydrogens (tertiary/aromatic N) is 4. The molecule has 1 fully saturated rings. The first kappa shape index (κ1) is 15.9. The summed E-state index contributed by atoms with van der Waals surface area (Å²) in [6, 6.07) is 9.94. The van der Waals surface area contributed by atoms with E-state index in [0.29, 0.717) is 0 Å². The number of carbonyl (C=O) groups is 1. The van der Waals surface area contributed by atoms with Gasteiger partial charge in [-0.25, -0.2) is 0 Å². The van der Waals surface area contributed by atoms with Gasteiger partial charge in [0, 0.05) is 17.6 Å². The summed E-state index contributed by atoms with van der Waals surface area (Å²) in [4.78, 5) is 14.8. The van der Waals surface area contributed by atoms with Crippen molar-refractivity contribution in [2.45, 2.75) is 45.7 Å². The van der Waals surface area contributed by atoms with Gasteiger partial charge in [-0.3, -0.25) is 9.48 Å². The number of fused-ring (bicyclic) bond motifs is 1. The van der Waals surface area contributed by atoms with E-state index in [2.05, 4.69) is 23.2 Å². The summed E-state index contributed by atoms with van der Waals surface area (Å²) in [7, 11) is 0. The van der Waals surface area contributed by atoms with E-state index in [1.165, 1.54) is 0 Å². The lowest BCUT2D eigenvalue weighted by Gasteiger charge is -2.25. The number of carbonyl (C=O) groups excluding carboxylic acids is 1. The van der Waals surface area contributed by atoms with Crippen molar-refractivity contribution in [3.05, 3.63) is 47.4 Å². The molecule has 0 bridgehead atoms. The summed E-state index contributed by atoms with van der Waals surface area (Å²) in [5.41, 5.74) is 3.60. The normalized spacial score (nSPS) is 17.5. The number of benzene rings is 1. The first-order chi connectivity index (χ1) is 12.1. The Morgan fingerprint density at radius 3 is 2.96 bits per heavy atom. The minimum atomic E-state index is 0.114. The molecule has 3 heterocycles. The van der Waals surface area contributed by atoms with Crippen LogP contribution in [-0.4, -0.2) is 38.3 Å². The number of aromatic nitrogens is 3. The summed E-state index contributed by atoms with van der Waals surface area (Å²) in [6.45, 7) is 5.61. The standard InChI is InChI=1S/C19H22N4O2/c1-13-10-14(2)23(20-13)12-15-6-5-9-22(15)19(24)11-17-16-7-3-4-8-18(16)25-21-17/h3-4,7-8,10,15H,5-6,9,11-12H2,1-2H3/t15-/m0/s1. The summed E-state index contributed by atoms with van der Waals surface area (Å²) in [5.74, 6) is 0.114. The monoisotopic (exact) mass is 338 g/mol. The molecule has 0 N–H and O–H groups in total. The number of para-hydroxylation sites is 1. The highest BCUT2D eigenvalue weighted by Gasteiger charge is 2.30. The van der Waals surface area contributed by atoms with Crippen LogP contribution in [0.2, 0.25) is 0 Å². The Kier molecular flexibility index (Phi) is 4.03. The van der Waals surface area contributed by atoms with Crippen molar-refractivity contribution < 1.29 is 9.32 Å². The molecule has 0 unspecified atom stereocenters. The average Bonchev–Trinajstić information content (AvgIpc) is 3.28. The van der Waals surface area contributed by atoms with E-state index in [0.717, 1.165) is 54.0 Å². The Labute approximate surface area is 146 Å². The summed E-state index contributed by atoms with van der Waals surface area (Å²) in [5, 5.41) is 9.55. The lowest BCUT2D eigenvalue weighted by Crippen LogP contribution is -2.39. The first-order valence-electron chi connectivity index (χ1n) is 8.75. The van der Waals surface area contributed by atoms with Gasteiger partial charge < -0.3 is 9.42 Å². The lowest BCUT2D eigenvalue weighted by molar-refractivity contribution is -0.131. The van der Waals surface area contributed by atoms with Crippen LogP contribution in [0.1, 0.15) is 29.9 Å². The molecule has 4 rings (SSSR count). The molecule has 6 heteroatoms. The maximum atomic E-state index is 12.9. The maximum absolute atomic E-state index is 12.9. The fourth-order valence-corrected chi connectivity index (χ4v) is 3.72.